The smallest absolute Gasteiger partial charge is 0.144 e. The molecule has 2 N–H and O–H groups in total. The van der Waals surface area contributed by atoms with E-state index in [9.17, 15) is 4.39 Å². The summed E-state index contributed by atoms with van der Waals surface area (Å²) in [5, 5.41) is 0. The molecule has 0 atom stereocenters. The van der Waals surface area contributed by atoms with Crippen LogP contribution in [0.5, 0.6) is 11.5 Å². The first-order chi connectivity index (χ1) is 9.62. The minimum atomic E-state index is -0.330. The van der Waals surface area contributed by atoms with Crippen LogP contribution in [0.2, 0.25) is 0 Å². The third kappa shape index (κ3) is 2.64. The van der Waals surface area contributed by atoms with Gasteiger partial charge in [-0.2, -0.15) is 0 Å². The summed E-state index contributed by atoms with van der Waals surface area (Å²) < 4.78 is 25.4. The van der Waals surface area contributed by atoms with Gasteiger partial charge in [-0.3, -0.25) is 0 Å². The van der Waals surface area contributed by atoms with Gasteiger partial charge in [0.15, 0.2) is 0 Å². The Kier molecular flexibility index (Phi) is 4.62. The average molecular weight is 340 g/mol. The van der Waals surface area contributed by atoms with Crippen molar-refractivity contribution < 1.29 is 13.9 Å². The lowest BCUT2D eigenvalue weighted by Crippen LogP contribution is -1.98. The van der Waals surface area contributed by atoms with Crippen LogP contribution in [0.4, 0.5) is 4.39 Å². The number of nitrogens with two attached hydrogens (primary N) is 1. The second-order valence-corrected chi connectivity index (χ2v) is 4.97. The van der Waals surface area contributed by atoms with Crippen LogP contribution < -0.4 is 15.2 Å². The fourth-order valence-electron chi connectivity index (χ4n) is 2.01. The van der Waals surface area contributed by atoms with E-state index < -0.39 is 0 Å². The van der Waals surface area contributed by atoms with Gasteiger partial charge < -0.3 is 15.2 Å². The molecule has 0 amide bonds. The van der Waals surface area contributed by atoms with E-state index >= 15 is 0 Å². The van der Waals surface area contributed by atoms with Crippen molar-refractivity contribution >= 4 is 15.9 Å². The highest BCUT2D eigenvalue weighted by Gasteiger charge is 2.16. The SMILES string of the molecule is COc1ccc(-c2ccc(CN)cc2F)c(OC)c1Br. The highest BCUT2D eigenvalue weighted by molar-refractivity contribution is 9.10. The second-order valence-electron chi connectivity index (χ2n) is 4.18. The number of halogens is 2. The maximum absolute atomic E-state index is 14.2. The van der Waals surface area contributed by atoms with Gasteiger partial charge in [-0.15, -0.1) is 0 Å². The molecule has 2 rings (SSSR count). The molecule has 0 aliphatic carbocycles. The largest absolute Gasteiger partial charge is 0.495 e. The molecule has 2 aromatic carbocycles. The fourth-order valence-corrected chi connectivity index (χ4v) is 2.68. The Morgan fingerprint density at radius 3 is 2.35 bits per heavy atom. The van der Waals surface area contributed by atoms with Crippen LogP contribution in [0.15, 0.2) is 34.8 Å². The molecule has 0 aromatic heterocycles. The normalized spacial score (nSPS) is 10.4. The summed E-state index contributed by atoms with van der Waals surface area (Å²) in [5.41, 5.74) is 7.37. The van der Waals surface area contributed by atoms with Crippen molar-refractivity contribution in [1.82, 2.24) is 0 Å². The minimum absolute atomic E-state index is 0.306. The number of methoxy groups -OCH3 is 2. The van der Waals surface area contributed by atoms with Gasteiger partial charge in [0.2, 0.25) is 0 Å². The number of hydrogen-bond acceptors (Lipinski definition) is 3. The van der Waals surface area contributed by atoms with Crippen molar-refractivity contribution in [3.63, 3.8) is 0 Å². The summed E-state index contributed by atoms with van der Waals surface area (Å²) in [6.45, 7) is 0.306. The zero-order valence-electron chi connectivity index (χ0n) is 11.2. The van der Waals surface area contributed by atoms with E-state index in [0.717, 1.165) is 5.56 Å². The molecule has 0 heterocycles. The Bertz CT molecular complexity index is 632. The zero-order valence-corrected chi connectivity index (χ0v) is 12.8. The third-order valence-electron chi connectivity index (χ3n) is 3.05. The van der Waals surface area contributed by atoms with Crippen LogP contribution in [0.1, 0.15) is 5.56 Å². The Labute approximate surface area is 125 Å². The summed E-state index contributed by atoms with van der Waals surface area (Å²) in [6, 6.07) is 8.47. The van der Waals surface area contributed by atoms with Crippen LogP contribution in [0.25, 0.3) is 11.1 Å². The van der Waals surface area contributed by atoms with Crippen molar-refractivity contribution in [2.45, 2.75) is 6.54 Å². The predicted octanol–water partition coefficient (Wildman–Crippen LogP) is 3.73. The summed E-state index contributed by atoms with van der Waals surface area (Å²) >= 11 is 3.41. The molecule has 3 nitrogen and oxygen atoms in total. The molecule has 0 radical (unpaired) electrons. The van der Waals surface area contributed by atoms with Crippen molar-refractivity contribution in [2.75, 3.05) is 14.2 Å². The number of rotatable bonds is 4. The summed E-state index contributed by atoms with van der Waals surface area (Å²) in [7, 11) is 3.10. The molecule has 106 valence electrons. The number of benzene rings is 2. The molecule has 20 heavy (non-hydrogen) atoms. The van der Waals surface area contributed by atoms with Gasteiger partial charge in [0.25, 0.3) is 0 Å². The second kappa shape index (κ2) is 6.24. The van der Waals surface area contributed by atoms with E-state index in [1.54, 1.807) is 31.4 Å². The number of hydrogen-bond donors (Lipinski definition) is 1. The molecular weight excluding hydrogens is 325 g/mol. The van der Waals surface area contributed by atoms with Crippen LogP contribution in [0.3, 0.4) is 0 Å². The van der Waals surface area contributed by atoms with Crippen LogP contribution >= 0.6 is 15.9 Å². The molecule has 0 bridgehead atoms. The molecule has 5 heteroatoms. The topological polar surface area (TPSA) is 44.5 Å². The molecule has 0 saturated carbocycles. The van der Waals surface area contributed by atoms with E-state index in [1.807, 2.05) is 0 Å². The van der Waals surface area contributed by atoms with Gasteiger partial charge in [-0.1, -0.05) is 12.1 Å². The lowest BCUT2D eigenvalue weighted by Gasteiger charge is -2.14. The van der Waals surface area contributed by atoms with Crippen molar-refractivity contribution in [1.29, 1.82) is 0 Å². The van der Waals surface area contributed by atoms with Gasteiger partial charge >= 0.3 is 0 Å². The van der Waals surface area contributed by atoms with Crippen molar-refractivity contribution in [2.24, 2.45) is 5.73 Å². The maximum Gasteiger partial charge on any atom is 0.144 e. The first-order valence-electron chi connectivity index (χ1n) is 6.01. The molecule has 0 aliphatic heterocycles. The van der Waals surface area contributed by atoms with Gasteiger partial charge in [0.1, 0.15) is 21.8 Å². The molecule has 0 aliphatic rings. The Morgan fingerprint density at radius 1 is 1.10 bits per heavy atom. The summed E-state index contributed by atoms with van der Waals surface area (Å²) in [4.78, 5) is 0. The quantitative estimate of drug-likeness (QED) is 0.922. The molecule has 0 spiro atoms. The molecule has 2 aromatic rings. The van der Waals surface area contributed by atoms with E-state index in [2.05, 4.69) is 15.9 Å². The van der Waals surface area contributed by atoms with E-state index in [0.29, 0.717) is 33.6 Å². The fraction of sp³-hybridized carbons (Fsp3) is 0.200. The average Bonchev–Trinajstić information content (AvgIpc) is 2.46. The molecule has 0 saturated heterocycles. The van der Waals surface area contributed by atoms with Gasteiger partial charge in [-0.25, -0.2) is 4.39 Å². The monoisotopic (exact) mass is 339 g/mol. The van der Waals surface area contributed by atoms with Crippen molar-refractivity contribution in [3.05, 3.63) is 46.2 Å². The summed E-state index contributed by atoms with van der Waals surface area (Å²) in [5.74, 6) is 0.830. The van der Waals surface area contributed by atoms with Crippen LogP contribution in [-0.2, 0) is 6.54 Å². The van der Waals surface area contributed by atoms with Gasteiger partial charge in [0.05, 0.1) is 14.2 Å². The minimum Gasteiger partial charge on any atom is -0.495 e. The highest BCUT2D eigenvalue weighted by Crippen LogP contribution is 2.42. The lowest BCUT2D eigenvalue weighted by molar-refractivity contribution is 0.390. The Morgan fingerprint density at radius 2 is 1.80 bits per heavy atom. The maximum atomic E-state index is 14.2. The lowest BCUT2D eigenvalue weighted by atomic mass is 10.0. The Balaban J connectivity index is 2.61. The molecular formula is C15H15BrFNO2. The summed E-state index contributed by atoms with van der Waals surface area (Å²) in [6.07, 6.45) is 0. The van der Waals surface area contributed by atoms with E-state index in [4.69, 9.17) is 15.2 Å². The Hall–Kier alpha value is -1.59. The zero-order chi connectivity index (χ0) is 14.7. The highest BCUT2D eigenvalue weighted by atomic mass is 79.9. The van der Waals surface area contributed by atoms with E-state index in [1.165, 1.54) is 13.2 Å². The third-order valence-corrected chi connectivity index (χ3v) is 3.80. The first-order valence-corrected chi connectivity index (χ1v) is 6.81. The van der Waals surface area contributed by atoms with Gasteiger partial charge in [0, 0.05) is 17.7 Å². The predicted molar refractivity (Wildman–Crippen MR) is 80.5 cm³/mol. The molecule has 0 unspecified atom stereocenters. The number of ether oxygens (including phenoxy) is 2. The van der Waals surface area contributed by atoms with Crippen LogP contribution in [-0.4, -0.2) is 14.2 Å². The standard InChI is InChI=1S/C15H15BrFNO2/c1-19-13-6-5-11(15(20-2)14(13)16)10-4-3-9(8-18)7-12(10)17/h3-7H,8,18H2,1-2H3. The van der Waals surface area contributed by atoms with E-state index in [-0.39, 0.29) is 5.82 Å². The molecule has 0 fully saturated rings. The first kappa shape index (κ1) is 14.8. The van der Waals surface area contributed by atoms with Crippen molar-refractivity contribution in [3.8, 4) is 22.6 Å². The van der Waals surface area contributed by atoms with Crippen LogP contribution in [0, 0.1) is 5.82 Å². The van der Waals surface area contributed by atoms with Gasteiger partial charge in [-0.05, 0) is 39.7 Å².